The minimum absolute atomic E-state index is 0.0103. The van der Waals surface area contributed by atoms with E-state index in [0.717, 1.165) is 5.56 Å². The van der Waals surface area contributed by atoms with Crippen molar-refractivity contribution in [1.82, 2.24) is 5.32 Å². The molecule has 88 valence electrons. The van der Waals surface area contributed by atoms with Crippen molar-refractivity contribution >= 4 is 5.91 Å². The van der Waals surface area contributed by atoms with Crippen LogP contribution in [0.5, 0.6) is 0 Å². The molecule has 0 saturated heterocycles. The summed E-state index contributed by atoms with van der Waals surface area (Å²) in [6.45, 7) is 5.66. The minimum atomic E-state index is -0.458. The SMILES string of the molecule is C[C@@H](NC(=O)CC(C)(C)N)c1ccccc1. The Bertz CT molecular complexity index is 341. The van der Waals surface area contributed by atoms with Crippen LogP contribution >= 0.6 is 0 Å². The summed E-state index contributed by atoms with van der Waals surface area (Å²) in [6, 6.07) is 9.91. The Hall–Kier alpha value is -1.35. The van der Waals surface area contributed by atoms with Crippen molar-refractivity contribution < 1.29 is 4.79 Å². The molecule has 3 N–H and O–H groups in total. The molecule has 1 atom stereocenters. The van der Waals surface area contributed by atoms with Crippen LogP contribution in [0, 0.1) is 0 Å². The Morgan fingerprint density at radius 1 is 1.38 bits per heavy atom. The first-order chi connectivity index (χ1) is 7.38. The number of carbonyl (C=O) groups excluding carboxylic acids is 1. The summed E-state index contributed by atoms with van der Waals surface area (Å²) in [5, 5.41) is 2.93. The highest BCUT2D eigenvalue weighted by atomic mass is 16.1. The van der Waals surface area contributed by atoms with Crippen LogP contribution in [0.4, 0.5) is 0 Å². The fraction of sp³-hybridized carbons (Fsp3) is 0.462. The Morgan fingerprint density at radius 3 is 2.44 bits per heavy atom. The van der Waals surface area contributed by atoms with Gasteiger partial charge in [-0.15, -0.1) is 0 Å². The van der Waals surface area contributed by atoms with Crippen LogP contribution in [-0.4, -0.2) is 11.4 Å². The molecule has 1 rings (SSSR count). The molecule has 16 heavy (non-hydrogen) atoms. The molecule has 0 aromatic heterocycles. The van der Waals surface area contributed by atoms with Crippen molar-refractivity contribution in [1.29, 1.82) is 0 Å². The second-order valence-corrected chi connectivity index (χ2v) is 4.87. The predicted octanol–water partition coefficient (Wildman–Crippen LogP) is 1.99. The lowest BCUT2D eigenvalue weighted by Crippen LogP contribution is -2.39. The third-order valence-corrected chi connectivity index (χ3v) is 2.29. The van der Waals surface area contributed by atoms with E-state index in [0.29, 0.717) is 6.42 Å². The van der Waals surface area contributed by atoms with Gasteiger partial charge in [0.25, 0.3) is 0 Å². The van der Waals surface area contributed by atoms with Crippen LogP contribution in [0.25, 0.3) is 0 Å². The first-order valence-corrected chi connectivity index (χ1v) is 5.52. The van der Waals surface area contributed by atoms with E-state index in [1.165, 1.54) is 0 Å². The molecule has 0 saturated carbocycles. The van der Waals surface area contributed by atoms with E-state index in [-0.39, 0.29) is 11.9 Å². The summed E-state index contributed by atoms with van der Waals surface area (Å²) >= 11 is 0. The van der Waals surface area contributed by atoms with E-state index >= 15 is 0 Å². The molecular weight excluding hydrogens is 200 g/mol. The van der Waals surface area contributed by atoms with Gasteiger partial charge in [-0.05, 0) is 26.3 Å². The molecule has 0 unspecified atom stereocenters. The van der Waals surface area contributed by atoms with Gasteiger partial charge in [-0.2, -0.15) is 0 Å². The lowest BCUT2D eigenvalue weighted by Gasteiger charge is -2.20. The molecule has 0 fully saturated rings. The standard InChI is InChI=1S/C13H20N2O/c1-10(11-7-5-4-6-8-11)15-12(16)9-13(2,3)14/h4-8,10H,9,14H2,1-3H3,(H,15,16)/t10-/m1/s1. The second kappa shape index (κ2) is 5.12. The average molecular weight is 220 g/mol. The quantitative estimate of drug-likeness (QED) is 0.815. The third kappa shape index (κ3) is 4.45. The molecular formula is C13H20N2O. The fourth-order valence-corrected chi connectivity index (χ4v) is 1.53. The highest BCUT2D eigenvalue weighted by molar-refractivity contribution is 5.77. The number of benzene rings is 1. The Labute approximate surface area is 97.0 Å². The van der Waals surface area contributed by atoms with E-state index in [1.54, 1.807) is 0 Å². The third-order valence-electron chi connectivity index (χ3n) is 2.29. The zero-order valence-electron chi connectivity index (χ0n) is 10.2. The summed E-state index contributed by atoms with van der Waals surface area (Å²) in [5.74, 6) is -0.0103. The van der Waals surface area contributed by atoms with Crippen LogP contribution in [0.1, 0.15) is 38.8 Å². The molecule has 0 aliphatic carbocycles. The largest absolute Gasteiger partial charge is 0.350 e. The minimum Gasteiger partial charge on any atom is -0.350 e. The molecule has 0 heterocycles. The lowest BCUT2D eigenvalue weighted by molar-refractivity contribution is -0.122. The number of carbonyl (C=O) groups is 1. The molecule has 3 heteroatoms. The van der Waals surface area contributed by atoms with Gasteiger partial charge < -0.3 is 11.1 Å². The number of hydrogen-bond donors (Lipinski definition) is 2. The zero-order valence-corrected chi connectivity index (χ0v) is 10.2. The summed E-state index contributed by atoms with van der Waals surface area (Å²) in [7, 11) is 0. The van der Waals surface area contributed by atoms with Gasteiger partial charge in [0, 0.05) is 12.0 Å². The van der Waals surface area contributed by atoms with Crippen LogP contribution < -0.4 is 11.1 Å². The summed E-state index contributed by atoms with van der Waals surface area (Å²) in [6.07, 6.45) is 0.337. The predicted molar refractivity (Wildman–Crippen MR) is 65.9 cm³/mol. The smallest absolute Gasteiger partial charge is 0.222 e. The monoisotopic (exact) mass is 220 g/mol. The van der Waals surface area contributed by atoms with Crippen molar-refractivity contribution in [2.24, 2.45) is 5.73 Å². The van der Waals surface area contributed by atoms with Crippen LogP contribution in [0.2, 0.25) is 0 Å². The Morgan fingerprint density at radius 2 is 1.94 bits per heavy atom. The highest BCUT2D eigenvalue weighted by Crippen LogP contribution is 2.12. The van der Waals surface area contributed by atoms with E-state index in [2.05, 4.69) is 5.32 Å². The molecule has 3 nitrogen and oxygen atoms in total. The number of rotatable bonds is 4. The molecule has 1 aromatic carbocycles. The summed E-state index contributed by atoms with van der Waals surface area (Å²) in [4.78, 5) is 11.7. The van der Waals surface area contributed by atoms with Gasteiger partial charge in [-0.25, -0.2) is 0 Å². The number of nitrogens with one attached hydrogen (secondary N) is 1. The van der Waals surface area contributed by atoms with Gasteiger partial charge in [0.1, 0.15) is 0 Å². The summed E-state index contributed by atoms with van der Waals surface area (Å²) < 4.78 is 0. The average Bonchev–Trinajstić information content (AvgIpc) is 2.16. The molecule has 0 spiro atoms. The fourth-order valence-electron chi connectivity index (χ4n) is 1.53. The van der Waals surface area contributed by atoms with E-state index in [9.17, 15) is 4.79 Å². The first-order valence-electron chi connectivity index (χ1n) is 5.52. The van der Waals surface area contributed by atoms with E-state index in [1.807, 2.05) is 51.1 Å². The van der Waals surface area contributed by atoms with E-state index < -0.39 is 5.54 Å². The highest BCUT2D eigenvalue weighted by Gasteiger charge is 2.17. The molecule has 1 amide bonds. The van der Waals surface area contributed by atoms with Crippen molar-refractivity contribution in [2.75, 3.05) is 0 Å². The maximum atomic E-state index is 11.7. The van der Waals surface area contributed by atoms with E-state index in [4.69, 9.17) is 5.73 Å². The van der Waals surface area contributed by atoms with Crippen molar-refractivity contribution in [3.8, 4) is 0 Å². The number of nitrogens with two attached hydrogens (primary N) is 1. The zero-order chi connectivity index (χ0) is 12.2. The van der Waals surface area contributed by atoms with Gasteiger partial charge in [0.15, 0.2) is 0 Å². The normalized spacial score (nSPS) is 13.2. The van der Waals surface area contributed by atoms with Gasteiger partial charge in [-0.1, -0.05) is 30.3 Å². The van der Waals surface area contributed by atoms with Crippen LogP contribution in [-0.2, 0) is 4.79 Å². The molecule has 0 aliphatic heterocycles. The number of amides is 1. The molecule has 0 aliphatic rings. The Balaban J connectivity index is 2.52. The molecule has 0 radical (unpaired) electrons. The first kappa shape index (κ1) is 12.7. The maximum Gasteiger partial charge on any atom is 0.222 e. The van der Waals surface area contributed by atoms with Crippen molar-refractivity contribution in [3.05, 3.63) is 35.9 Å². The van der Waals surface area contributed by atoms with Gasteiger partial charge in [-0.3, -0.25) is 4.79 Å². The Kier molecular flexibility index (Phi) is 4.07. The van der Waals surface area contributed by atoms with Crippen LogP contribution in [0.3, 0.4) is 0 Å². The van der Waals surface area contributed by atoms with Gasteiger partial charge >= 0.3 is 0 Å². The summed E-state index contributed by atoms with van der Waals surface area (Å²) in [5.41, 5.74) is 6.43. The van der Waals surface area contributed by atoms with Gasteiger partial charge in [0.05, 0.1) is 6.04 Å². The molecule has 0 bridgehead atoms. The van der Waals surface area contributed by atoms with Crippen molar-refractivity contribution in [2.45, 2.75) is 38.8 Å². The van der Waals surface area contributed by atoms with Crippen LogP contribution in [0.15, 0.2) is 30.3 Å². The second-order valence-electron chi connectivity index (χ2n) is 4.87. The molecule has 1 aromatic rings. The van der Waals surface area contributed by atoms with Gasteiger partial charge in [0.2, 0.25) is 5.91 Å². The topological polar surface area (TPSA) is 55.1 Å². The van der Waals surface area contributed by atoms with Crippen molar-refractivity contribution in [3.63, 3.8) is 0 Å². The number of hydrogen-bond acceptors (Lipinski definition) is 2. The maximum absolute atomic E-state index is 11.7. The lowest BCUT2D eigenvalue weighted by atomic mass is 10.0.